The van der Waals surface area contributed by atoms with Crippen LogP contribution in [0.2, 0.25) is 0 Å². The summed E-state index contributed by atoms with van der Waals surface area (Å²) in [5.74, 6) is 0.748. The highest BCUT2D eigenvalue weighted by Gasteiger charge is 2.23. The van der Waals surface area contributed by atoms with E-state index in [1.54, 1.807) is 30.3 Å². The normalized spacial score (nSPS) is 13.9. The number of aryl methyl sites for hydroxylation is 1. The number of benzene rings is 2. The summed E-state index contributed by atoms with van der Waals surface area (Å²) >= 11 is 0. The zero-order chi connectivity index (χ0) is 19.4. The molecule has 2 aromatic carbocycles. The summed E-state index contributed by atoms with van der Waals surface area (Å²) in [6.45, 7) is 2.70. The van der Waals surface area contributed by atoms with E-state index in [4.69, 9.17) is 9.47 Å². The number of sulfonamides is 1. The molecule has 1 N–H and O–H groups in total. The van der Waals surface area contributed by atoms with Gasteiger partial charge < -0.3 is 14.8 Å². The van der Waals surface area contributed by atoms with Crippen LogP contribution in [0.4, 0.5) is 5.69 Å². The second-order valence-electron chi connectivity index (χ2n) is 6.33. The standard InChI is InChI=1S/C19H22N2O5S/c1-14-4-7-16(8-5-14)27(23,24)21(2)13-19(22)20-15-6-9-17-18(12-15)26-11-3-10-25-17/h4-9,12H,3,10-11,13H2,1-2H3,(H,20,22). The Morgan fingerprint density at radius 3 is 2.44 bits per heavy atom. The van der Waals surface area contributed by atoms with Crippen LogP contribution >= 0.6 is 0 Å². The van der Waals surface area contributed by atoms with E-state index in [9.17, 15) is 13.2 Å². The fourth-order valence-corrected chi connectivity index (χ4v) is 3.75. The molecule has 3 rings (SSSR count). The van der Waals surface area contributed by atoms with E-state index in [1.807, 2.05) is 6.92 Å². The Morgan fingerprint density at radius 1 is 1.07 bits per heavy atom. The first-order chi connectivity index (χ1) is 12.9. The van der Waals surface area contributed by atoms with E-state index < -0.39 is 15.9 Å². The highest BCUT2D eigenvalue weighted by molar-refractivity contribution is 7.89. The van der Waals surface area contributed by atoms with Crippen LogP contribution in [0.5, 0.6) is 11.5 Å². The largest absolute Gasteiger partial charge is 0.490 e. The first-order valence-corrected chi connectivity index (χ1v) is 10.0. The van der Waals surface area contributed by atoms with Gasteiger partial charge in [-0.1, -0.05) is 17.7 Å². The summed E-state index contributed by atoms with van der Waals surface area (Å²) in [5.41, 5.74) is 1.48. The van der Waals surface area contributed by atoms with Gasteiger partial charge in [0.1, 0.15) is 0 Å². The Hall–Kier alpha value is -2.58. The van der Waals surface area contributed by atoms with Crippen molar-refractivity contribution in [3.63, 3.8) is 0 Å². The van der Waals surface area contributed by atoms with Gasteiger partial charge in [-0.05, 0) is 31.2 Å². The van der Waals surface area contributed by atoms with Crippen molar-refractivity contribution < 1.29 is 22.7 Å². The molecule has 144 valence electrons. The summed E-state index contributed by atoms with van der Waals surface area (Å²) in [6.07, 6.45) is 0.790. The number of nitrogens with zero attached hydrogens (tertiary/aromatic N) is 1. The average molecular weight is 390 g/mol. The van der Waals surface area contributed by atoms with E-state index in [-0.39, 0.29) is 11.4 Å². The third-order valence-corrected chi connectivity index (χ3v) is 5.94. The third kappa shape index (κ3) is 4.58. The van der Waals surface area contributed by atoms with Gasteiger partial charge in [-0.3, -0.25) is 4.79 Å². The van der Waals surface area contributed by atoms with E-state index in [0.29, 0.717) is 30.4 Å². The molecule has 0 aromatic heterocycles. The smallest absolute Gasteiger partial charge is 0.243 e. The molecule has 0 saturated heterocycles. The first kappa shape index (κ1) is 19.2. The summed E-state index contributed by atoms with van der Waals surface area (Å²) in [5, 5.41) is 2.70. The maximum absolute atomic E-state index is 12.6. The molecule has 0 atom stereocenters. The molecular weight excluding hydrogens is 368 g/mol. The molecule has 2 aromatic rings. The third-order valence-electron chi connectivity index (χ3n) is 4.13. The first-order valence-electron chi connectivity index (χ1n) is 8.59. The molecule has 1 aliphatic rings. The zero-order valence-electron chi connectivity index (χ0n) is 15.3. The predicted octanol–water partition coefficient (Wildman–Crippen LogP) is 2.42. The van der Waals surface area contributed by atoms with Crippen molar-refractivity contribution in [2.75, 3.05) is 32.1 Å². The van der Waals surface area contributed by atoms with Crippen LogP contribution in [-0.4, -0.2) is 45.4 Å². The Morgan fingerprint density at radius 2 is 1.74 bits per heavy atom. The van der Waals surface area contributed by atoms with Crippen molar-refractivity contribution in [2.45, 2.75) is 18.2 Å². The van der Waals surface area contributed by atoms with E-state index >= 15 is 0 Å². The number of rotatable bonds is 5. The Balaban J connectivity index is 1.66. The minimum atomic E-state index is -3.73. The van der Waals surface area contributed by atoms with Gasteiger partial charge in [0.2, 0.25) is 15.9 Å². The summed E-state index contributed by atoms with van der Waals surface area (Å²) < 4.78 is 37.3. The number of amides is 1. The molecule has 0 unspecified atom stereocenters. The number of ether oxygens (including phenoxy) is 2. The molecule has 1 aliphatic heterocycles. The fourth-order valence-electron chi connectivity index (χ4n) is 2.62. The van der Waals surface area contributed by atoms with Gasteiger partial charge in [0.15, 0.2) is 11.5 Å². The van der Waals surface area contributed by atoms with Crippen molar-refractivity contribution in [3.05, 3.63) is 48.0 Å². The van der Waals surface area contributed by atoms with Crippen molar-refractivity contribution in [2.24, 2.45) is 0 Å². The van der Waals surface area contributed by atoms with Gasteiger partial charge in [-0.25, -0.2) is 8.42 Å². The lowest BCUT2D eigenvalue weighted by molar-refractivity contribution is -0.116. The number of carbonyl (C=O) groups excluding carboxylic acids is 1. The molecule has 8 heteroatoms. The molecule has 0 saturated carbocycles. The molecule has 0 fully saturated rings. The van der Waals surface area contributed by atoms with Gasteiger partial charge in [0.05, 0.1) is 24.7 Å². The van der Waals surface area contributed by atoms with Crippen LogP contribution in [-0.2, 0) is 14.8 Å². The fraction of sp³-hybridized carbons (Fsp3) is 0.316. The van der Waals surface area contributed by atoms with Gasteiger partial charge in [0.25, 0.3) is 0 Å². The Bertz CT molecular complexity index is 926. The molecule has 27 heavy (non-hydrogen) atoms. The van der Waals surface area contributed by atoms with E-state index in [1.165, 1.54) is 19.2 Å². The van der Waals surface area contributed by atoms with Crippen molar-refractivity contribution in [1.82, 2.24) is 4.31 Å². The van der Waals surface area contributed by atoms with Gasteiger partial charge >= 0.3 is 0 Å². The maximum atomic E-state index is 12.6. The van der Waals surface area contributed by atoms with Crippen molar-refractivity contribution >= 4 is 21.6 Å². The molecule has 0 spiro atoms. The number of carbonyl (C=O) groups is 1. The minimum Gasteiger partial charge on any atom is -0.490 e. The summed E-state index contributed by atoms with van der Waals surface area (Å²) in [7, 11) is -2.36. The minimum absolute atomic E-state index is 0.152. The average Bonchev–Trinajstić information content (AvgIpc) is 2.87. The molecule has 1 heterocycles. The van der Waals surface area contributed by atoms with Crippen LogP contribution < -0.4 is 14.8 Å². The Labute approximate surface area is 158 Å². The lowest BCUT2D eigenvalue weighted by Crippen LogP contribution is -2.34. The number of anilines is 1. The number of nitrogens with one attached hydrogen (secondary N) is 1. The number of fused-ring (bicyclic) bond motifs is 1. The highest BCUT2D eigenvalue weighted by Crippen LogP contribution is 2.32. The SMILES string of the molecule is Cc1ccc(S(=O)(=O)N(C)CC(=O)Nc2ccc3c(c2)OCCCO3)cc1. The topological polar surface area (TPSA) is 84.9 Å². The maximum Gasteiger partial charge on any atom is 0.243 e. The van der Waals surface area contributed by atoms with E-state index in [0.717, 1.165) is 16.3 Å². The van der Waals surface area contributed by atoms with Crippen molar-refractivity contribution in [1.29, 1.82) is 0 Å². The number of hydrogen-bond acceptors (Lipinski definition) is 5. The quantitative estimate of drug-likeness (QED) is 0.848. The van der Waals surface area contributed by atoms with Crippen LogP contribution in [0.25, 0.3) is 0 Å². The summed E-state index contributed by atoms with van der Waals surface area (Å²) in [4.78, 5) is 12.5. The molecule has 7 nitrogen and oxygen atoms in total. The van der Waals surface area contributed by atoms with Crippen molar-refractivity contribution in [3.8, 4) is 11.5 Å². The number of likely N-dealkylation sites (N-methyl/N-ethyl adjacent to an activating group) is 1. The lowest BCUT2D eigenvalue weighted by atomic mass is 10.2. The van der Waals surface area contributed by atoms with Gasteiger partial charge in [-0.15, -0.1) is 0 Å². The monoisotopic (exact) mass is 390 g/mol. The van der Waals surface area contributed by atoms with Crippen LogP contribution in [0, 0.1) is 6.92 Å². The lowest BCUT2D eigenvalue weighted by Gasteiger charge is -2.17. The molecule has 1 amide bonds. The number of hydrogen-bond donors (Lipinski definition) is 1. The van der Waals surface area contributed by atoms with Gasteiger partial charge in [-0.2, -0.15) is 4.31 Å². The van der Waals surface area contributed by atoms with E-state index in [2.05, 4.69) is 5.32 Å². The molecular formula is C19H22N2O5S. The van der Waals surface area contributed by atoms with Crippen LogP contribution in [0.1, 0.15) is 12.0 Å². The second kappa shape index (κ2) is 7.98. The zero-order valence-corrected chi connectivity index (χ0v) is 16.1. The summed E-state index contributed by atoms with van der Waals surface area (Å²) in [6, 6.07) is 11.6. The molecule has 0 bridgehead atoms. The Kier molecular flexibility index (Phi) is 5.67. The molecule has 0 aliphatic carbocycles. The second-order valence-corrected chi connectivity index (χ2v) is 8.38. The van der Waals surface area contributed by atoms with Gasteiger partial charge in [0, 0.05) is 25.2 Å². The van der Waals surface area contributed by atoms with Crippen LogP contribution in [0.3, 0.4) is 0 Å². The molecule has 0 radical (unpaired) electrons. The van der Waals surface area contributed by atoms with Crippen LogP contribution in [0.15, 0.2) is 47.4 Å². The predicted molar refractivity (Wildman–Crippen MR) is 102 cm³/mol. The highest BCUT2D eigenvalue weighted by atomic mass is 32.2.